The van der Waals surface area contributed by atoms with Gasteiger partial charge in [-0.2, -0.15) is 8.42 Å². The average Bonchev–Trinajstić information content (AvgIpc) is 2.78. The summed E-state index contributed by atoms with van der Waals surface area (Å²) in [7, 11) is -2.12. The van der Waals surface area contributed by atoms with Crippen LogP contribution in [0.15, 0.2) is 59.4 Å². The van der Waals surface area contributed by atoms with Crippen molar-refractivity contribution in [3.8, 4) is 5.75 Å². The Hall–Kier alpha value is -2.54. The minimum atomic E-state index is -3.78. The van der Waals surface area contributed by atoms with Crippen molar-refractivity contribution in [3.05, 3.63) is 65.1 Å². The first-order chi connectivity index (χ1) is 11.0. The van der Waals surface area contributed by atoms with E-state index in [0.29, 0.717) is 5.52 Å². The summed E-state index contributed by atoms with van der Waals surface area (Å²) in [5.74, 6) is -0.0201. The maximum atomic E-state index is 12.3. The number of hydrogen-bond acceptors (Lipinski definition) is 4. The van der Waals surface area contributed by atoms with Crippen molar-refractivity contribution in [1.29, 1.82) is 0 Å². The Labute approximate surface area is 133 Å². The molecular formula is C16H16N2O4S. The van der Waals surface area contributed by atoms with Gasteiger partial charge in [-0.15, -0.1) is 0 Å². The molecule has 0 radical (unpaired) electrons. The number of hydrogen-bond donors (Lipinski definition) is 0. The van der Waals surface area contributed by atoms with Gasteiger partial charge in [-0.05, 0) is 24.3 Å². The standard InChI is InChI=1S/C16H16N2O4S/c1-17-14-9-5-6-10-15(14)18(16(17)19)11-12-23(20,21)22-13-7-3-2-4-8-13/h2-10H,11-12H2,1H3. The Morgan fingerprint density at radius 2 is 1.57 bits per heavy atom. The van der Waals surface area contributed by atoms with E-state index in [-0.39, 0.29) is 23.7 Å². The molecule has 1 aromatic heterocycles. The number of aromatic nitrogens is 2. The predicted octanol–water partition coefficient (Wildman–Crippen LogP) is 1.75. The van der Waals surface area contributed by atoms with Crippen molar-refractivity contribution in [3.63, 3.8) is 0 Å². The molecule has 0 spiro atoms. The number of imidazole rings is 1. The Morgan fingerprint density at radius 1 is 0.957 bits per heavy atom. The summed E-state index contributed by atoms with van der Waals surface area (Å²) in [5, 5.41) is 0. The first-order valence-corrected chi connectivity index (χ1v) is 8.67. The van der Waals surface area contributed by atoms with Gasteiger partial charge in [0.2, 0.25) is 0 Å². The topological polar surface area (TPSA) is 70.3 Å². The van der Waals surface area contributed by atoms with Gasteiger partial charge >= 0.3 is 15.8 Å². The summed E-state index contributed by atoms with van der Waals surface area (Å²) in [6.45, 7) is 0.0371. The second-order valence-electron chi connectivity index (χ2n) is 5.14. The molecule has 0 aliphatic rings. The highest BCUT2D eigenvalue weighted by molar-refractivity contribution is 7.87. The van der Waals surface area contributed by atoms with Gasteiger partial charge in [-0.1, -0.05) is 30.3 Å². The van der Waals surface area contributed by atoms with E-state index in [4.69, 9.17) is 4.18 Å². The van der Waals surface area contributed by atoms with E-state index in [1.165, 1.54) is 9.13 Å². The third-order valence-electron chi connectivity index (χ3n) is 3.58. The largest absolute Gasteiger partial charge is 0.382 e. The smallest absolute Gasteiger partial charge is 0.328 e. The van der Waals surface area contributed by atoms with E-state index in [1.807, 2.05) is 18.2 Å². The van der Waals surface area contributed by atoms with Gasteiger partial charge in [-0.3, -0.25) is 9.13 Å². The van der Waals surface area contributed by atoms with Crippen LogP contribution in [0.3, 0.4) is 0 Å². The lowest BCUT2D eigenvalue weighted by Crippen LogP contribution is -2.26. The zero-order valence-corrected chi connectivity index (χ0v) is 13.4. The molecule has 0 amide bonds. The van der Waals surface area contributed by atoms with Crippen LogP contribution >= 0.6 is 0 Å². The minimum absolute atomic E-state index is 0.0371. The summed E-state index contributed by atoms with van der Waals surface area (Å²) in [5.41, 5.74) is 1.22. The van der Waals surface area contributed by atoms with Gasteiger partial charge in [0.05, 0.1) is 11.0 Å². The Morgan fingerprint density at radius 3 is 2.26 bits per heavy atom. The Bertz CT molecular complexity index is 988. The van der Waals surface area contributed by atoms with Crippen molar-refractivity contribution in [2.45, 2.75) is 6.54 Å². The van der Waals surface area contributed by atoms with E-state index in [2.05, 4.69) is 0 Å². The quantitative estimate of drug-likeness (QED) is 0.668. The van der Waals surface area contributed by atoms with Crippen LogP contribution in [-0.4, -0.2) is 23.3 Å². The number of benzene rings is 2. The third-order valence-corrected chi connectivity index (χ3v) is 4.71. The highest BCUT2D eigenvalue weighted by atomic mass is 32.2. The predicted molar refractivity (Wildman–Crippen MR) is 88.0 cm³/mol. The molecule has 0 atom stereocenters. The Kier molecular flexibility index (Phi) is 3.96. The van der Waals surface area contributed by atoms with Crippen molar-refractivity contribution in [1.82, 2.24) is 9.13 Å². The normalized spacial score (nSPS) is 11.7. The molecule has 0 saturated carbocycles. The van der Waals surface area contributed by atoms with E-state index in [9.17, 15) is 13.2 Å². The molecule has 2 aromatic carbocycles. The second kappa shape index (κ2) is 5.92. The Balaban J connectivity index is 1.84. The van der Waals surface area contributed by atoms with Gasteiger partial charge in [0, 0.05) is 13.6 Å². The van der Waals surface area contributed by atoms with Crippen molar-refractivity contribution in [2.75, 3.05) is 5.75 Å². The molecule has 0 bridgehead atoms. The summed E-state index contributed by atoms with van der Waals surface area (Å²) in [6.07, 6.45) is 0. The molecule has 0 aliphatic carbocycles. The molecule has 1 heterocycles. The lowest BCUT2D eigenvalue weighted by atomic mass is 10.3. The van der Waals surface area contributed by atoms with Gasteiger partial charge in [0.1, 0.15) is 11.5 Å². The van der Waals surface area contributed by atoms with Gasteiger partial charge < -0.3 is 4.18 Å². The summed E-state index contributed by atoms with van der Waals surface area (Å²) in [4.78, 5) is 12.3. The molecule has 0 unspecified atom stereocenters. The van der Waals surface area contributed by atoms with Crippen molar-refractivity contribution < 1.29 is 12.6 Å². The van der Waals surface area contributed by atoms with Gasteiger partial charge in [0.25, 0.3) is 0 Å². The molecule has 0 N–H and O–H groups in total. The zero-order chi connectivity index (χ0) is 16.4. The maximum absolute atomic E-state index is 12.3. The molecule has 7 heteroatoms. The molecule has 23 heavy (non-hydrogen) atoms. The lowest BCUT2D eigenvalue weighted by Gasteiger charge is -2.07. The lowest BCUT2D eigenvalue weighted by molar-refractivity contribution is 0.481. The molecular weight excluding hydrogens is 316 g/mol. The number of fused-ring (bicyclic) bond motifs is 1. The number of nitrogens with zero attached hydrogens (tertiary/aromatic N) is 2. The SMILES string of the molecule is Cn1c(=O)n(CCS(=O)(=O)Oc2ccccc2)c2ccccc21. The number of rotatable bonds is 5. The van der Waals surface area contributed by atoms with Crippen LogP contribution in [0.25, 0.3) is 11.0 Å². The molecule has 0 aliphatic heterocycles. The molecule has 0 fully saturated rings. The average molecular weight is 332 g/mol. The van der Waals surface area contributed by atoms with Crippen LogP contribution < -0.4 is 9.87 Å². The van der Waals surface area contributed by atoms with E-state index in [0.717, 1.165) is 5.52 Å². The van der Waals surface area contributed by atoms with Crippen LogP contribution in [0.2, 0.25) is 0 Å². The second-order valence-corrected chi connectivity index (χ2v) is 6.83. The monoisotopic (exact) mass is 332 g/mol. The molecule has 3 rings (SSSR count). The number of para-hydroxylation sites is 3. The first kappa shape index (κ1) is 15.4. The van der Waals surface area contributed by atoms with E-state index >= 15 is 0 Å². The van der Waals surface area contributed by atoms with Crippen LogP contribution in [0, 0.1) is 0 Å². The van der Waals surface area contributed by atoms with Crippen LogP contribution in [0.1, 0.15) is 0 Å². The van der Waals surface area contributed by atoms with Crippen LogP contribution in [-0.2, 0) is 23.7 Å². The van der Waals surface area contributed by atoms with Crippen molar-refractivity contribution >= 4 is 21.2 Å². The first-order valence-electron chi connectivity index (χ1n) is 7.09. The zero-order valence-electron chi connectivity index (χ0n) is 12.5. The fraction of sp³-hybridized carbons (Fsp3) is 0.188. The molecule has 120 valence electrons. The molecule has 0 saturated heterocycles. The highest BCUT2D eigenvalue weighted by Gasteiger charge is 2.16. The van der Waals surface area contributed by atoms with Crippen LogP contribution in [0.4, 0.5) is 0 Å². The molecule has 3 aromatic rings. The molecule has 6 nitrogen and oxygen atoms in total. The summed E-state index contributed by atoms with van der Waals surface area (Å²) < 4.78 is 32.1. The van der Waals surface area contributed by atoms with Crippen molar-refractivity contribution in [2.24, 2.45) is 7.05 Å². The fourth-order valence-electron chi connectivity index (χ4n) is 2.45. The van der Waals surface area contributed by atoms with E-state index < -0.39 is 10.1 Å². The fourth-order valence-corrected chi connectivity index (χ4v) is 3.34. The highest BCUT2D eigenvalue weighted by Crippen LogP contribution is 2.14. The van der Waals surface area contributed by atoms with Gasteiger partial charge in [-0.25, -0.2) is 4.79 Å². The van der Waals surface area contributed by atoms with Gasteiger partial charge in [0.15, 0.2) is 0 Å². The van der Waals surface area contributed by atoms with Crippen LogP contribution in [0.5, 0.6) is 5.75 Å². The van der Waals surface area contributed by atoms with E-state index in [1.54, 1.807) is 43.4 Å². The minimum Gasteiger partial charge on any atom is -0.382 e. The summed E-state index contributed by atoms with van der Waals surface area (Å²) in [6, 6.07) is 15.6. The summed E-state index contributed by atoms with van der Waals surface area (Å²) >= 11 is 0. The number of aryl methyl sites for hydroxylation is 2. The maximum Gasteiger partial charge on any atom is 0.328 e. The third kappa shape index (κ3) is 3.14.